The van der Waals surface area contributed by atoms with Crippen LogP contribution in [-0.4, -0.2) is 17.6 Å². The number of aromatic nitrogens is 1. The van der Waals surface area contributed by atoms with E-state index in [0.29, 0.717) is 23.9 Å². The standard InChI is InChI=1S/C11H18N2O2/c1-4-9(5-2)7-12-11(14)10-6-8(3)15-13-10/h6,9H,4-5,7H2,1-3H3,(H,12,14). The largest absolute Gasteiger partial charge is 0.361 e. The lowest BCUT2D eigenvalue weighted by Gasteiger charge is -2.11. The number of hydrogen-bond acceptors (Lipinski definition) is 3. The van der Waals surface area contributed by atoms with Crippen molar-refractivity contribution in [2.75, 3.05) is 6.54 Å². The summed E-state index contributed by atoms with van der Waals surface area (Å²) < 4.78 is 4.83. The molecule has 0 bridgehead atoms. The monoisotopic (exact) mass is 210 g/mol. The number of hydrogen-bond donors (Lipinski definition) is 1. The van der Waals surface area contributed by atoms with Crippen LogP contribution in [0, 0.1) is 12.8 Å². The first-order valence-electron chi connectivity index (χ1n) is 5.38. The van der Waals surface area contributed by atoms with E-state index in [-0.39, 0.29) is 5.91 Å². The van der Waals surface area contributed by atoms with Crippen molar-refractivity contribution in [3.8, 4) is 0 Å². The van der Waals surface area contributed by atoms with Crippen LogP contribution in [0.4, 0.5) is 0 Å². The molecule has 0 spiro atoms. The molecule has 0 atom stereocenters. The van der Waals surface area contributed by atoms with Gasteiger partial charge in [-0.2, -0.15) is 0 Å². The number of carbonyl (C=O) groups is 1. The summed E-state index contributed by atoms with van der Waals surface area (Å²) in [5.41, 5.74) is 0.360. The summed E-state index contributed by atoms with van der Waals surface area (Å²) in [6.45, 7) is 6.73. The fourth-order valence-corrected chi connectivity index (χ4v) is 1.38. The maximum absolute atomic E-state index is 11.6. The second-order valence-corrected chi connectivity index (χ2v) is 3.72. The van der Waals surface area contributed by atoms with Gasteiger partial charge < -0.3 is 9.84 Å². The van der Waals surface area contributed by atoms with Crippen molar-refractivity contribution >= 4 is 5.91 Å². The smallest absolute Gasteiger partial charge is 0.273 e. The van der Waals surface area contributed by atoms with Gasteiger partial charge in [0.15, 0.2) is 5.69 Å². The van der Waals surface area contributed by atoms with Gasteiger partial charge in [-0.15, -0.1) is 0 Å². The molecule has 0 fully saturated rings. The van der Waals surface area contributed by atoms with Crippen molar-refractivity contribution in [1.82, 2.24) is 10.5 Å². The first kappa shape index (κ1) is 11.8. The van der Waals surface area contributed by atoms with Crippen molar-refractivity contribution in [3.63, 3.8) is 0 Å². The minimum atomic E-state index is -0.154. The Hall–Kier alpha value is -1.32. The van der Waals surface area contributed by atoms with Crippen LogP contribution in [0.5, 0.6) is 0 Å². The number of nitrogens with one attached hydrogen (secondary N) is 1. The molecule has 1 aromatic heterocycles. The lowest BCUT2D eigenvalue weighted by atomic mass is 10.0. The van der Waals surface area contributed by atoms with Crippen LogP contribution in [0.15, 0.2) is 10.6 Å². The summed E-state index contributed by atoms with van der Waals surface area (Å²) >= 11 is 0. The summed E-state index contributed by atoms with van der Waals surface area (Å²) in [6.07, 6.45) is 2.16. The van der Waals surface area contributed by atoms with Gasteiger partial charge in [-0.3, -0.25) is 4.79 Å². The van der Waals surface area contributed by atoms with Crippen molar-refractivity contribution < 1.29 is 9.32 Å². The first-order valence-corrected chi connectivity index (χ1v) is 5.38. The van der Waals surface area contributed by atoms with Gasteiger partial charge in [0.1, 0.15) is 5.76 Å². The predicted octanol–water partition coefficient (Wildman–Crippen LogP) is 2.15. The van der Waals surface area contributed by atoms with Crippen LogP contribution in [-0.2, 0) is 0 Å². The van der Waals surface area contributed by atoms with E-state index in [1.807, 2.05) is 0 Å². The molecule has 1 N–H and O–H groups in total. The summed E-state index contributed by atoms with van der Waals surface area (Å²) in [5.74, 6) is 1.04. The summed E-state index contributed by atoms with van der Waals surface area (Å²) in [6, 6.07) is 1.64. The Morgan fingerprint density at radius 1 is 1.53 bits per heavy atom. The maximum atomic E-state index is 11.6. The lowest BCUT2D eigenvalue weighted by molar-refractivity contribution is 0.0937. The van der Waals surface area contributed by atoms with E-state index in [0.717, 1.165) is 12.8 Å². The molecule has 0 saturated heterocycles. The molecule has 0 unspecified atom stereocenters. The highest BCUT2D eigenvalue weighted by molar-refractivity contribution is 5.92. The number of nitrogens with zero attached hydrogens (tertiary/aromatic N) is 1. The highest BCUT2D eigenvalue weighted by atomic mass is 16.5. The van der Waals surface area contributed by atoms with E-state index in [9.17, 15) is 4.79 Å². The summed E-state index contributed by atoms with van der Waals surface area (Å²) in [4.78, 5) is 11.6. The Balaban J connectivity index is 2.42. The highest BCUT2D eigenvalue weighted by Gasteiger charge is 2.11. The van der Waals surface area contributed by atoms with Gasteiger partial charge in [0.2, 0.25) is 0 Å². The quantitative estimate of drug-likeness (QED) is 0.810. The third-order valence-corrected chi connectivity index (χ3v) is 2.57. The number of aryl methyl sites for hydroxylation is 1. The lowest BCUT2D eigenvalue weighted by Crippen LogP contribution is -2.29. The Kier molecular flexibility index (Phi) is 4.34. The van der Waals surface area contributed by atoms with Crippen LogP contribution in [0.3, 0.4) is 0 Å². The van der Waals surface area contributed by atoms with Crippen LogP contribution < -0.4 is 5.32 Å². The maximum Gasteiger partial charge on any atom is 0.273 e. The molecule has 4 nitrogen and oxygen atoms in total. The molecule has 4 heteroatoms. The Morgan fingerprint density at radius 3 is 2.67 bits per heavy atom. The number of rotatable bonds is 5. The zero-order chi connectivity index (χ0) is 11.3. The third kappa shape index (κ3) is 3.38. The van der Waals surface area contributed by atoms with Crippen LogP contribution in [0.2, 0.25) is 0 Å². The van der Waals surface area contributed by atoms with Crippen LogP contribution in [0.1, 0.15) is 42.9 Å². The average molecular weight is 210 g/mol. The molecule has 1 amide bonds. The van der Waals surface area contributed by atoms with Gasteiger partial charge in [0, 0.05) is 12.6 Å². The summed E-state index contributed by atoms with van der Waals surface area (Å²) in [5, 5.41) is 6.51. The van der Waals surface area contributed by atoms with E-state index in [1.54, 1.807) is 13.0 Å². The van der Waals surface area contributed by atoms with Gasteiger partial charge in [0.05, 0.1) is 0 Å². The fourth-order valence-electron chi connectivity index (χ4n) is 1.38. The van der Waals surface area contributed by atoms with Gasteiger partial charge in [-0.1, -0.05) is 31.8 Å². The molecular formula is C11H18N2O2. The minimum absolute atomic E-state index is 0.154. The van der Waals surface area contributed by atoms with Gasteiger partial charge in [-0.05, 0) is 12.8 Å². The van der Waals surface area contributed by atoms with Crippen molar-refractivity contribution in [3.05, 3.63) is 17.5 Å². The molecule has 0 aromatic carbocycles. The molecule has 0 aliphatic rings. The molecular weight excluding hydrogens is 192 g/mol. The Labute approximate surface area is 90.0 Å². The van der Waals surface area contributed by atoms with E-state index in [4.69, 9.17) is 4.52 Å². The van der Waals surface area contributed by atoms with Gasteiger partial charge in [-0.25, -0.2) is 0 Å². The molecule has 1 aromatic rings. The highest BCUT2D eigenvalue weighted by Crippen LogP contribution is 2.06. The van der Waals surface area contributed by atoms with Crippen molar-refractivity contribution in [2.45, 2.75) is 33.6 Å². The van der Waals surface area contributed by atoms with E-state index < -0.39 is 0 Å². The third-order valence-electron chi connectivity index (χ3n) is 2.57. The molecule has 1 rings (SSSR count). The molecule has 15 heavy (non-hydrogen) atoms. The molecule has 0 saturated carbocycles. The second-order valence-electron chi connectivity index (χ2n) is 3.72. The molecule has 84 valence electrons. The molecule has 0 aliphatic carbocycles. The van der Waals surface area contributed by atoms with Crippen molar-refractivity contribution in [1.29, 1.82) is 0 Å². The van der Waals surface area contributed by atoms with E-state index in [1.165, 1.54) is 0 Å². The molecule has 0 radical (unpaired) electrons. The SMILES string of the molecule is CCC(CC)CNC(=O)c1cc(C)on1. The zero-order valence-corrected chi connectivity index (χ0v) is 9.54. The minimum Gasteiger partial charge on any atom is -0.361 e. The van der Waals surface area contributed by atoms with Gasteiger partial charge in [0.25, 0.3) is 5.91 Å². The average Bonchev–Trinajstić information content (AvgIpc) is 2.66. The normalized spacial score (nSPS) is 10.7. The number of carbonyl (C=O) groups excluding carboxylic acids is 1. The van der Waals surface area contributed by atoms with Gasteiger partial charge >= 0.3 is 0 Å². The molecule has 0 aliphatic heterocycles. The zero-order valence-electron chi connectivity index (χ0n) is 9.54. The van der Waals surface area contributed by atoms with Crippen molar-refractivity contribution in [2.24, 2.45) is 5.92 Å². The predicted molar refractivity (Wildman–Crippen MR) is 57.6 cm³/mol. The topological polar surface area (TPSA) is 55.1 Å². The summed E-state index contributed by atoms with van der Waals surface area (Å²) in [7, 11) is 0. The Bertz CT molecular complexity index is 316. The van der Waals surface area contributed by atoms with E-state index >= 15 is 0 Å². The second kappa shape index (κ2) is 5.53. The van der Waals surface area contributed by atoms with Crippen LogP contribution in [0.25, 0.3) is 0 Å². The van der Waals surface area contributed by atoms with E-state index in [2.05, 4.69) is 24.3 Å². The first-order chi connectivity index (χ1) is 7.17. The Morgan fingerprint density at radius 2 is 2.20 bits per heavy atom. The fraction of sp³-hybridized carbons (Fsp3) is 0.636. The van der Waals surface area contributed by atoms with Crippen LogP contribution >= 0.6 is 0 Å². The molecule has 1 heterocycles. The number of amides is 1.